The second-order valence-corrected chi connectivity index (χ2v) is 11.4. The Hall–Kier alpha value is -0.913. The summed E-state index contributed by atoms with van der Waals surface area (Å²) in [5.41, 5.74) is -0.669. The third-order valence-electron chi connectivity index (χ3n) is 4.07. The van der Waals surface area contributed by atoms with E-state index in [9.17, 15) is 13.2 Å². The lowest BCUT2D eigenvalue weighted by atomic mass is 10.1. The van der Waals surface area contributed by atoms with Crippen molar-refractivity contribution in [1.82, 2.24) is 4.57 Å². The number of aromatic nitrogens is 1. The summed E-state index contributed by atoms with van der Waals surface area (Å²) in [6.45, 7) is 4.69. The summed E-state index contributed by atoms with van der Waals surface area (Å²) in [4.78, 5) is 0. The van der Waals surface area contributed by atoms with Crippen LogP contribution in [0, 0.1) is 0 Å². The second kappa shape index (κ2) is 4.88. The minimum atomic E-state index is -4.35. The van der Waals surface area contributed by atoms with Crippen molar-refractivity contribution in [3.63, 3.8) is 0 Å². The average Bonchev–Trinajstić information content (AvgIpc) is 2.72. The summed E-state index contributed by atoms with van der Waals surface area (Å²) in [6.07, 6.45) is -0.908. The molecule has 2 nitrogen and oxygen atoms in total. The van der Waals surface area contributed by atoms with Gasteiger partial charge < -0.3 is 9.30 Å². The van der Waals surface area contributed by atoms with E-state index in [1.807, 2.05) is 0 Å². The molecule has 2 heterocycles. The van der Waals surface area contributed by atoms with Crippen LogP contribution in [0.4, 0.5) is 13.2 Å². The Morgan fingerprint density at radius 1 is 1.26 bits per heavy atom. The molecule has 19 heavy (non-hydrogen) atoms. The second-order valence-electron chi connectivity index (χ2n) is 6.04. The van der Waals surface area contributed by atoms with Crippen LogP contribution in [0.2, 0.25) is 25.2 Å². The van der Waals surface area contributed by atoms with Crippen LogP contribution in [-0.2, 0) is 6.18 Å². The Bertz CT molecular complexity index is 443. The Morgan fingerprint density at radius 2 is 1.84 bits per heavy atom. The molecule has 1 aromatic heterocycles. The first kappa shape index (κ1) is 14.5. The van der Waals surface area contributed by atoms with Crippen LogP contribution >= 0.6 is 0 Å². The molecular weight excluding hydrogens is 271 g/mol. The van der Waals surface area contributed by atoms with Crippen LogP contribution in [0.5, 0.6) is 5.88 Å². The zero-order chi connectivity index (χ0) is 14.3. The van der Waals surface area contributed by atoms with Gasteiger partial charge in [-0.15, -0.1) is 0 Å². The lowest BCUT2D eigenvalue weighted by Gasteiger charge is -2.34. The first-order valence-electron chi connectivity index (χ1n) is 6.56. The van der Waals surface area contributed by atoms with Crippen molar-refractivity contribution in [2.45, 2.75) is 50.2 Å². The third-order valence-corrected chi connectivity index (χ3v) is 7.35. The number of methoxy groups -OCH3 is 1. The number of halogens is 3. The molecule has 2 rings (SSSR count). The predicted molar refractivity (Wildman–Crippen MR) is 71.4 cm³/mol. The van der Waals surface area contributed by atoms with Crippen molar-refractivity contribution in [2.75, 3.05) is 7.11 Å². The zero-order valence-electron chi connectivity index (χ0n) is 11.5. The fourth-order valence-corrected chi connectivity index (χ4v) is 5.29. The molecule has 1 saturated heterocycles. The largest absolute Gasteiger partial charge is 0.482 e. The van der Waals surface area contributed by atoms with Crippen molar-refractivity contribution in [1.29, 1.82) is 0 Å². The summed E-state index contributed by atoms with van der Waals surface area (Å²) < 4.78 is 45.2. The summed E-state index contributed by atoms with van der Waals surface area (Å²) in [7, 11) is 0.209. The van der Waals surface area contributed by atoms with Gasteiger partial charge in [0.1, 0.15) is 5.56 Å². The molecule has 0 unspecified atom stereocenters. The molecule has 0 N–H and O–H groups in total. The summed E-state index contributed by atoms with van der Waals surface area (Å²) in [6, 6.07) is 3.60. The van der Waals surface area contributed by atoms with Gasteiger partial charge in [-0.25, -0.2) is 0 Å². The van der Waals surface area contributed by atoms with Gasteiger partial charge in [0.15, 0.2) is 0 Å². The van der Waals surface area contributed by atoms with Crippen molar-refractivity contribution in [2.24, 2.45) is 0 Å². The molecule has 1 aliphatic rings. The molecular formula is C13H20F3NOSi. The van der Waals surface area contributed by atoms with Gasteiger partial charge in [0.2, 0.25) is 5.88 Å². The maximum Gasteiger partial charge on any atom is 0.421 e. The zero-order valence-corrected chi connectivity index (χ0v) is 12.5. The number of hydrogen-bond donors (Lipinski definition) is 0. The highest BCUT2D eigenvalue weighted by Gasteiger charge is 2.38. The van der Waals surface area contributed by atoms with Crippen LogP contribution in [0.3, 0.4) is 0 Å². The number of rotatable bonds is 2. The lowest BCUT2D eigenvalue weighted by Crippen LogP contribution is -2.31. The van der Waals surface area contributed by atoms with E-state index < -0.39 is 19.8 Å². The molecule has 0 atom stereocenters. The first-order chi connectivity index (χ1) is 8.74. The van der Waals surface area contributed by atoms with E-state index in [4.69, 9.17) is 4.74 Å². The first-order valence-corrected chi connectivity index (χ1v) is 9.98. The SMILES string of the molecule is COc1c(C(F)(F)F)ccn1C1CC[Si](C)(C)CC1. The Kier molecular flexibility index (Phi) is 3.73. The molecule has 108 valence electrons. The monoisotopic (exact) mass is 291 g/mol. The molecule has 0 spiro atoms. The van der Waals surface area contributed by atoms with Crippen molar-refractivity contribution in [3.05, 3.63) is 17.8 Å². The molecule has 0 bridgehead atoms. The molecule has 0 aliphatic carbocycles. The maximum absolute atomic E-state index is 12.9. The Balaban J connectivity index is 2.24. The average molecular weight is 291 g/mol. The highest BCUT2D eigenvalue weighted by atomic mass is 28.3. The fourth-order valence-electron chi connectivity index (χ4n) is 2.81. The van der Waals surface area contributed by atoms with Gasteiger partial charge in [0.05, 0.1) is 7.11 Å². The maximum atomic E-state index is 12.9. The molecule has 0 radical (unpaired) electrons. The van der Waals surface area contributed by atoms with E-state index in [0.29, 0.717) is 0 Å². The van der Waals surface area contributed by atoms with Crippen LogP contribution < -0.4 is 4.74 Å². The van der Waals surface area contributed by atoms with Crippen molar-refractivity contribution in [3.8, 4) is 5.88 Å². The minimum Gasteiger partial charge on any atom is -0.482 e. The summed E-state index contributed by atoms with van der Waals surface area (Å²) >= 11 is 0. The molecule has 1 aromatic rings. The third kappa shape index (κ3) is 2.99. The van der Waals surface area contributed by atoms with Gasteiger partial charge in [-0.3, -0.25) is 0 Å². The number of nitrogens with zero attached hydrogens (tertiary/aromatic N) is 1. The van der Waals surface area contributed by atoms with Gasteiger partial charge in [-0.05, 0) is 18.9 Å². The smallest absolute Gasteiger partial charge is 0.421 e. The lowest BCUT2D eigenvalue weighted by molar-refractivity contribution is -0.138. The minimum absolute atomic E-state index is 0.0427. The van der Waals surface area contributed by atoms with E-state index in [0.717, 1.165) is 18.9 Å². The topological polar surface area (TPSA) is 14.2 Å². The summed E-state index contributed by atoms with van der Waals surface area (Å²) in [5.74, 6) is -0.0427. The van der Waals surface area contributed by atoms with Crippen LogP contribution in [0.1, 0.15) is 24.4 Å². The normalized spacial score (nSPS) is 20.5. The van der Waals surface area contributed by atoms with Gasteiger partial charge in [-0.1, -0.05) is 25.2 Å². The molecule has 1 fully saturated rings. The quantitative estimate of drug-likeness (QED) is 0.729. The van der Waals surface area contributed by atoms with Gasteiger partial charge >= 0.3 is 6.18 Å². The number of ether oxygens (including phenoxy) is 1. The van der Waals surface area contributed by atoms with E-state index in [1.165, 1.54) is 25.4 Å². The highest BCUT2D eigenvalue weighted by Crippen LogP contribution is 2.42. The van der Waals surface area contributed by atoms with Crippen molar-refractivity contribution >= 4 is 8.07 Å². The fraction of sp³-hybridized carbons (Fsp3) is 0.692. The number of hydrogen-bond acceptors (Lipinski definition) is 1. The predicted octanol–water partition coefficient (Wildman–Crippen LogP) is 4.56. The Morgan fingerprint density at radius 3 is 2.32 bits per heavy atom. The van der Waals surface area contributed by atoms with Crippen LogP contribution in [0.15, 0.2) is 12.3 Å². The number of alkyl halides is 3. The standard InChI is InChI=1S/C13H20F3NOSi/c1-18-12-11(13(14,15)16)4-7-17(12)10-5-8-19(2,3)9-6-10/h4,7,10H,5-6,8-9H2,1-3H3. The molecule has 0 aromatic carbocycles. The van der Waals surface area contributed by atoms with Gasteiger partial charge in [-0.2, -0.15) is 13.2 Å². The van der Waals surface area contributed by atoms with Crippen molar-refractivity contribution < 1.29 is 17.9 Å². The van der Waals surface area contributed by atoms with E-state index in [1.54, 1.807) is 4.57 Å². The van der Waals surface area contributed by atoms with Gasteiger partial charge in [0.25, 0.3) is 0 Å². The van der Waals surface area contributed by atoms with E-state index >= 15 is 0 Å². The Labute approximate surface area is 112 Å². The van der Waals surface area contributed by atoms with E-state index in [-0.39, 0.29) is 11.9 Å². The van der Waals surface area contributed by atoms with E-state index in [2.05, 4.69) is 13.1 Å². The molecule has 0 amide bonds. The summed E-state index contributed by atoms with van der Waals surface area (Å²) in [5, 5.41) is 0. The van der Waals surface area contributed by atoms with Crippen LogP contribution in [-0.4, -0.2) is 19.8 Å². The molecule has 1 aliphatic heterocycles. The van der Waals surface area contributed by atoms with Crippen LogP contribution in [0.25, 0.3) is 0 Å². The van der Waals surface area contributed by atoms with Gasteiger partial charge in [0, 0.05) is 20.3 Å². The molecule has 6 heteroatoms. The molecule has 0 saturated carbocycles. The highest BCUT2D eigenvalue weighted by molar-refractivity contribution is 6.77.